The first-order chi connectivity index (χ1) is 13.7. The molecule has 148 valence electrons. The van der Waals surface area contributed by atoms with Gasteiger partial charge in [0.1, 0.15) is 11.9 Å². The molecule has 28 heavy (non-hydrogen) atoms. The van der Waals surface area contributed by atoms with Gasteiger partial charge in [0.15, 0.2) is 0 Å². The highest BCUT2D eigenvalue weighted by Crippen LogP contribution is 2.29. The highest BCUT2D eigenvalue weighted by molar-refractivity contribution is 5.94. The monoisotopic (exact) mass is 381 g/mol. The van der Waals surface area contributed by atoms with Crippen molar-refractivity contribution < 1.29 is 14.3 Å². The van der Waals surface area contributed by atoms with Crippen LogP contribution in [0.1, 0.15) is 12.8 Å². The number of rotatable bonds is 5. The molecule has 0 saturated carbocycles. The number of hydrogen-bond acceptors (Lipinski definition) is 5. The second kappa shape index (κ2) is 8.52. The molecule has 0 spiro atoms. The average molecular weight is 381 g/mol. The molecule has 2 heterocycles. The lowest BCUT2D eigenvalue weighted by Gasteiger charge is -2.37. The molecule has 6 nitrogen and oxygen atoms in total. The average Bonchev–Trinajstić information content (AvgIpc) is 3.30. The number of hydrogen-bond donors (Lipinski definition) is 1. The van der Waals surface area contributed by atoms with Crippen LogP contribution in [0.15, 0.2) is 48.5 Å². The summed E-state index contributed by atoms with van der Waals surface area (Å²) in [7, 11) is 1.72. The molecule has 1 atom stereocenters. The minimum absolute atomic E-state index is 0.0457. The van der Waals surface area contributed by atoms with E-state index in [0.29, 0.717) is 6.61 Å². The molecule has 6 heteroatoms. The number of anilines is 3. The first-order valence-electron chi connectivity index (χ1n) is 9.90. The van der Waals surface area contributed by atoms with Gasteiger partial charge in [-0.15, -0.1) is 0 Å². The fraction of sp³-hybridized carbons (Fsp3) is 0.409. The van der Waals surface area contributed by atoms with Crippen molar-refractivity contribution in [3.8, 4) is 5.75 Å². The van der Waals surface area contributed by atoms with E-state index in [9.17, 15) is 4.79 Å². The first-order valence-corrected chi connectivity index (χ1v) is 9.90. The lowest BCUT2D eigenvalue weighted by molar-refractivity contribution is -0.124. The number of piperazine rings is 1. The summed E-state index contributed by atoms with van der Waals surface area (Å²) in [5.74, 6) is 0.873. The van der Waals surface area contributed by atoms with Crippen LogP contribution in [-0.4, -0.2) is 51.9 Å². The van der Waals surface area contributed by atoms with Crippen LogP contribution in [0.25, 0.3) is 0 Å². The Morgan fingerprint density at radius 2 is 1.75 bits per heavy atom. The van der Waals surface area contributed by atoms with Crippen molar-refractivity contribution in [1.29, 1.82) is 0 Å². The van der Waals surface area contributed by atoms with Gasteiger partial charge in [0.05, 0.1) is 12.8 Å². The van der Waals surface area contributed by atoms with E-state index in [1.807, 2.05) is 30.3 Å². The van der Waals surface area contributed by atoms with E-state index < -0.39 is 0 Å². The van der Waals surface area contributed by atoms with E-state index >= 15 is 0 Å². The molecule has 1 amide bonds. The first kappa shape index (κ1) is 18.6. The predicted octanol–water partition coefficient (Wildman–Crippen LogP) is 3.14. The van der Waals surface area contributed by atoms with E-state index in [1.165, 1.54) is 5.69 Å². The van der Waals surface area contributed by atoms with E-state index in [2.05, 4.69) is 33.3 Å². The summed E-state index contributed by atoms with van der Waals surface area (Å²) < 4.78 is 10.9. The summed E-state index contributed by atoms with van der Waals surface area (Å²) in [5, 5.41) is 2.95. The normalized spacial score (nSPS) is 19.5. The lowest BCUT2D eigenvalue weighted by Crippen LogP contribution is -2.46. The molecule has 0 aliphatic carbocycles. The summed E-state index contributed by atoms with van der Waals surface area (Å²) in [6.07, 6.45) is 1.46. The minimum atomic E-state index is -0.303. The summed E-state index contributed by atoms with van der Waals surface area (Å²) in [5.41, 5.74) is 3.14. The maximum absolute atomic E-state index is 12.2. The van der Waals surface area contributed by atoms with Crippen molar-refractivity contribution in [2.45, 2.75) is 18.9 Å². The Bertz CT molecular complexity index is 795. The van der Waals surface area contributed by atoms with Gasteiger partial charge in [0.2, 0.25) is 0 Å². The Hall–Kier alpha value is -2.73. The van der Waals surface area contributed by atoms with Crippen LogP contribution >= 0.6 is 0 Å². The number of amides is 1. The van der Waals surface area contributed by atoms with Gasteiger partial charge in [-0.3, -0.25) is 4.79 Å². The molecule has 0 radical (unpaired) electrons. The number of nitrogens with one attached hydrogen (secondary N) is 1. The second-order valence-corrected chi connectivity index (χ2v) is 7.18. The van der Waals surface area contributed by atoms with Crippen LogP contribution in [-0.2, 0) is 9.53 Å². The van der Waals surface area contributed by atoms with Crippen molar-refractivity contribution in [2.75, 3.05) is 55.0 Å². The molecule has 0 aromatic heterocycles. The number of carbonyl (C=O) groups excluding carboxylic acids is 1. The highest BCUT2D eigenvalue weighted by atomic mass is 16.5. The van der Waals surface area contributed by atoms with Gasteiger partial charge >= 0.3 is 0 Å². The molecule has 2 saturated heterocycles. The summed E-state index contributed by atoms with van der Waals surface area (Å²) in [6.45, 7) is 4.45. The number of ether oxygens (including phenoxy) is 2. The van der Waals surface area contributed by atoms with Crippen LogP contribution in [0.4, 0.5) is 17.1 Å². The second-order valence-electron chi connectivity index (χ2n) is 7.18. The molecule has 1 unspecified atom stereocenters. The Balaban J connectivity index is 1.34. The summed E-state index contributed by atoms with van der Waals surface area (Å²) >= 11 is 0. The minimum Gasteiger partial charge on any atom is -0.495 e. The molecule has 1 N–H and O–H groups in total. The third-order valence-corrected chi connectivity index (χ3v) is 5.43. The van der Waals surface area contributed by atoms with Crippen molar-refractivity contribution in [1.82, 2.24) is 0 Å². The maximum Gasteiger partial charge on any atom is 0.253 e. The zero-order chi connectivity index (χ0) is 19.3. The highest BCUT2D eigenvalue weighted by Gasteiger charge is 2.24. The molecule has 2 aliphatic heterocycles. The standard InChI is InChI=1S/C22H27N3O3/c1-27-20-6-3-2-5-19(20)25-14-12-24(13-15-25)18-10-8-17(9-11-18)23-22(26)21-7-4-16-28-21/h2-3,5-6,8-11,21H,4,7,12-16H2,1H3,(H,23,26). The van der Waals surface area contributed by atoms with Gasteiger partial charge < -0.3 is 24.6 Å². The number of nitrogens with zero attached hydrogens (tertiary/aromatic N) is 2. The van der Waals surface area contributed by atoms with Crippen molar-refractivity contribution in [2.24, 2.45) is 0 Å². The van der Waals surface area contributed by atoms with Gasteiger partial charge in [-0.1, -0.05) is 12.1 Å². The van der Waals surface area contributed by atoms with Gasteiger partial charge in [0.25, 0.3) is 5.91 Å². The molecule has 2 aromatic rings. The largest absolute Gasteiger partial charge is 0.495 e. The fourth-order valence-electron chi connectivity index (χ4n) is 3.86. The van der Waals surface area contributed by atoms with E-state index in [-0.39, 0.29) is 12.0 Å². The SMILES string of the molecule is COc1ccccc1N1CCN(c2ccc(NC(=O)C3CCCO3)cc2)CC1. The van der Waals surface area contributed by atoms with Crippen LogP contribution in [0.3, 0.4) is 0 Å². The zero-order valence-electron chi connectivity index (χ0n) is 16.3. The Morgan fingerprint density at radius 1 is 1.04 bits per heavy atom. The Kier molecular flexibility index (Phi) is 5.67. The molecule has 2 aliphatic rings. The molecular formula is C22H27N3O3. The molecule has 0 bridgehead atoms. The predicted molar refractivity (Wildman–Crippen MR) is 111 cm³/mol. The molecular weight excluding hydrogens is 354 g/mol. The maximum atomic E-state index is 12.2. The van der Waals surface area contributed by atoms with Crippen molar-refractivity contribution in [3.63, 3.8) is 0 Å². The van der Waals surface area contributed by atoms with Crippen LogP contribution in [0.5, 0.6) is 5.75 Å². The quantitative estimate of drug-likeness (QED) is 0.862. The van der Waals surface area contributed by atoms with Gasteiger partial charge in [-0.25, -0.2) is 0 Å². The number of para-hydroxylation sites is 2. The number of benzene rings is 2. The lowest BCUT2D eigenvalue weighted by atomic mass is 10.2. The smallest absolute Gasteiger partial charge is 0.253 e. The van der Waals surface area contributed by atoms with Crippen molar-refractivity contribution in [3.05, 3.63) is 48.5 Å². The molecule has 2 aromatic carbocycles. The summed E-state index contributed by atoms with van der Waals surface area (Å²) in [6, 6.07) is 16.2. The van der Waals surface area contributed by atoms with Gasteiger partial charge in [-0.05, 0) is 49.2 Å². The number of carbonyl (C=O) groups is 1. The van der Waals surface area contributed by atoms with Gasteiger partial charge in [-0.2, -0.15) is 0 Å². The Morgan fingerprint density at radius 3 is 2.43 bits per heavy atom. The topological polar surface area (TPSA) is 54.0 Å². The zero-order valence-corrected chi connectivity index (χ0v) is 16.3. The third-order valence-electron chi connectivity index (χ3n) is 5.43. The van der Waals surface area contributed by atoms with E-state index in [0.717, 1.165) is 56.1 Å². The van der Waals surface area contributed by atoms with Gasteiger partial charge in [0, 0.05) is 44.2 Å². The number of methoxy groups -OCH3 is 1. The van der Waals surface area contributed by atoms with Crippen LogP contribution in [0.2, 0.25) is 0 Å². The van der Waals surface area contributed by atoms with E-state index in [4.69, 9.17) is 9.47 Å². The molecule has 4 rings (SSSR count). The third kappa shape index (κ3) is 4.07. The fourth-order valence-corrected chi connectivity index (χ4v) is 3.86. The van der Waals surface area contributed by atoms with Crippen LogP contribution < -0.4 is 19.9 Å². The summed E-state index contributed by atoms with van der Waals surface area (Å²) in [4.78, 5) is 16.9. The molecule has 2 fully saturated rings. The van der Waals surface area contributed by atoms with Crippen LogP contribution in [0, 0.1) is 0 Å². The Labute approximate surface area is 166 Å². The van der Waals surface area contributed by atoms with E-state index in [1.54, 1.807) is 7.11 Å². The van der Waals surface area contributed by atoms with Crippen molar-refractivity contribution >= 4 is 23.0 Å².